The average Bonchev–Trinajstić information content (AvgIpc) is 3.27. The number of benzene rings is 1. The van der Waals surface area contributed by atoms with Gasteiger partial charge in [0.15, 0.2) is 0 Å². The Morgan fingerprint density at radius 3 is 2.81 bits per heavy atom. The number of aliphatic hydroxyl groups excluding tert-OH is 1. The third-order valence-corrected chi connectivity index (χ3v) is 3.15. The number of hydrogen-bond donors (Lipinski definition) is 3. The predicted octanol–water partition coefficient (Wildman–Crippen LogP) is 0.347. The van der Waals surface area contributed by atoms with Gasteiger partial charge in [-0.3, -0.25) is 9.59 Å². The first kappa shape index (κ1) is 15.1. The molecule has 0 bridgehead atoms. The molecule has 0 aromatic heterocycles. The van der Waals surface area contributed by atoms with E-state index in [4.69, 9.17) is 5.11 Å². The molecule has 1 aromatic carbocycles. The number of hydrogen-bond acceptors (Lipinski definition) is 3. The highest BCUT2D eigenvalue weighted by molar-refractivity contribution is 5.98. The summed E-state index contributed by atoms with van der Waals surface area (Å²) in [5, 5.41) is 14.1. The standard InChI is InChI=1S/C16H18N2O3/c1-11-4-5-12(3-2-8-19)9-14(11)16(21)17-10-15(20)18-13-6-7-13/h4-5,9,13,19H,6-8,10H2,1H3,(H,17,21)(H,18,20). The lowest BCUT2D eigenvalue weighted by atomic mass is 10.0. The minimum atomic E-state index is -0.300. The first-order valence-corrected chi connectivity index (χ1v) is 6.88. The molecule has 2 rings (SSSR count). The van der Waals surface area contributed by atoms with Crippen molar-refractivity contribution in [3.63, 3.8) is 0 Å². The summed E-state index contributed by atoms with van der Waals surface area (Å²) in [6.07, 6.45) is 2.04. The molecule has 1 aliphatic rings. The Balaban J connectivity index is 1.98. The van der Waals surface area contributed by atoms with Crippen LogP contribution in [0.1, 0.15) is 34.3 Å². The van der Waals surface area contributed by atoms with Gasteiger partial charge in [0.05, 0.1) is 6.54 Å². The van der Waals surface area contributed by atoms with Crippen molar-refractivity contribution in [3.05, 3.63) is 34.9 Å². The number of carbonyl (C=O) groups excluding carboxylic acids is 2. The molecule has 1 fully saturated rings. The first-order chi connectivity index (χ1) is 10.1. The fourth-order valence-corrected chi connectivity index (χ4v) is 1.85. The lowest BCUT2D eigenvalue weighted by Crippen LogP contribution is -2.38. The summed E-state index contributed by atoms with van der Waals surface area (Å²) in [4.78, 5) is 23.7. The van der Waals surface area contributed by atoms with Crippen LogP contribution < -0.4 is 10.6 Å². The molecule has 0 heterocycles. The Morgan fingerprint density at radius 2 is 2.14 bits per heavy atom. The van der Waals surface area contributed by atoms with Crippen LogP contribution in [0.2, 0.25) is 0 Å². The summed E-state index contributed by atoms with van der Waals surface area (Å²) in [7, 11) is 0. The predicted molar refractivity (Wildman–Crippen MR) is 78.6 cm³/mol. The second-order valence-electron chi connectivity index (χ2n) is 5.01. The molecular weight excluding hydrogens is 268 g/mol. The van der Waals surface area contributed by atoms with E-state index < -0.39 is 0 Å². The zero-order valence-corrected chi connectivity index (χ0v) is 11.9. The van der Waals surface area contributed by atoms with Gasteiger partial charge in [0.25, 0.3) is 5.91 Å². The number of amides is 2. The van der Waals surface area contributed by atoms with E-state index in [2.05, 4.69) is 22.5 Å². The highest BCUT2D eigenvalue weighted by Crippen LogP contribution is 2.18. The van der Waals surface area contributed by atoms with E-state index in [-0.39, 0.29) is 31.0 Å². The Labute approximate surface area is 123 Å². The molecule has 1 aliphatic carbocycles. The maximum Gasteiger partial charge on any atom is 0.252 e. The van der Waals surface area contributed by atoms with Crippen molar-refractivity contribution in [1.29, 1.82) is 0 Å². The molecule has 2 amide bonds. The Bertz CT molecular complexity index is 610. The molecular formula is C16H18N2O3. The summed E-state index contributed by atoms with van der Waals surface area (Å²) in [5.74, 6) is 4.83. The van der Waals surface area contributed by atoms with E-state index in [1.165, 1.54) is 0 Å². The SMILES string of the molecule is Cc1ccc(C#CCO)cc1C(=O)NCC(=O)NC1CC1. The van der Waals surface area contributed by atoms with E-state index in [1.807, 2.05) is 6.92 Å². The van der Waals surface area contributed by atoms with Crippen LogP contribution in [0.5, 0.6) is 0 Å². The summed E-state index contributed by atoms with van der Waals surface area (Å²) in [6, 6.07) is 5.52. The molecule has 5 nitrogen and oxygen atoms in total. The van der Waals surface area contributed by atoms with Crippen LogP contribution >= 0.6 is 0 Å². The fraction of sp³-hybridized carbons (Fsp3) is 0.375. The van der Waals surface area contributed by atoms with E-state index in [9.17, 15) is 9.59 Å². The highest BCUT2D eigenvalue weighted by Gasteiger charge is 2.23. The van der Waals surface area contributed by atoms with Crippen molar-refractivity contribution < 1.29 is 14.7 Å². The van der Waals surface area contributed by atoms with Gasteiger partial charge in [0.2, 0.25) is 5.91 Å². The summed E-state index contributed by atoms with van der Waals surface area (Å²) in [6.45, 7) is 1.57. The van der Waals surface area contributed by atoms with Gasteiger partial charge in [-0.1, -0.05) is 17.9 Å². The van der Waals surface area contributed by atoms with Crippen LogP contribution in [0.15, 0.2) is 18.2 Å². The molecule has 0 unspecified atom stereocenters. The Kier molecular flexibility index (Phi) is 4.96. The second-order valence-corrected chi connectivity index (χ2v) is 5.01. The molecule has 1 aromatic rings. The molecule has 0 spiro atoms. The second kappa shape index (κ2) is 6.91. The molecule has 110 valence electrons. The van der Waals surface area contributed by atoms with Gasteiger partial charge in [0, 0.05) is 17.2 Å². The maximum absolute atomic E-state index is 12.1. The van der Waals surface area contributed by atoms with Crippen molar-refractivity contribution in [2.45, 2.75) is 25.8 Å². The molecule has 5 heteroatoms. The van der Waals surface area contributed by atoms with Crippen molar-refractivity contribution in [2.24, 2.45) is 0 Å². The molecule has 0 aliphatic heterocycles. The number of carbonyl (C=O) groups is 2. The van der Waals surface area contributed by atoms with Crippen LogP contribution in [0.25, 0.3) is 0 Å². The third-order valence-electron chi connectivity index (χ3n) is 3.15. The average molecular weight is 286 g/mol. The Morgan fingerprint density at radius 1 is 1.38 bits per heavy atom. The minimum Gasteiger partial charge on any atom is -0.384 e. The fourth-order valence-electron chi connectivity index (χ4n) is 1.85. The van der Waals surface area contributed by atoms with Crippen LogP contribution in [-0.2, 0) is 4.79 Å². The summed E-state index contributed by atoms with van der Waals surface area (Å²) < 4.78 is 0. The van der Waals surface area contributed by atoms with Crippen molar-refractivity contribution >= 4 is 11.8 Å². The van der Waals surface area contributed by atoms with E-state index in [1.54, 1.807) is 18.2 Å². The summed E-state index contributed by atoms with van der Waals surface area (Å²) >= 11 is 0. The largest absolute Gasteiger partial charge is 0.384 e. The molecule has 21 heavy (non-hydrogen) atoms. The normalized spacial score (nSPS) is 13.0. The maximum atomic E-state index is 12.1. The lowest BCUT2D eigenvalue weighted by molar-refractivity contribution is -0.120. The van der Waals surface area contributed by atoms with E-state index in [0.29, 0.717) is 11.1 Å². The van der Waals surface area contributed by atoms with Gasteiger partial charge >= 0.3 is 0 Å². The molecule has 0 radical (unpaired) electrons. The zero-order valence-electron chi connectivity index (χ0n) is 11.9. The smallest absolute Gasteiger partial charge is 0.252 e. The zero-order chi connectivity index (χ0) is 15.2. The third kappa shape index (κ3) is 4.62. The van der Waals surface area contributed by atoms with Crippen molar-refractivity contribution in [1.82, 2.24) is 10.6 Å². The topological polar surface area (TPSA) is 78.4 Å². The van der Waals surface area contributed by atoms with Crippen molar-refractivity contribution in [2.75, 3.05) is 13.2 Å². The molecule has 0 saturated heterocycles. The van der Waals surface area contributed by atoms with Gasteiger partial charge in [-0.25, -0.2) is 0 Å². The van der Waals surface area contributed by atoms with Crippen LogP contribution in [-0.4, -0.2) is 36.1 Å². The van der Waals surface area contributed by atoms with Crippen molar-refractivity contribution in [3.8, 4) is 11.8 Å². The highest BCUT2D eigenvalue weighted by atomic mass is 16.2. The first-order valence-electron chi connectivity index (χ1n) is 6.88. The van der Waals surface area contributed by atoms with E-state index >= 15 is 0 Å². The minimum absolute atomic E-state index is 0.0265. The summed E-state index contributed by atoms with van der Waals surface area (Å²) in [5.41, 5.74) is 1.95. The monoisotopic (exact) mass is 286 g/mol. The molecule has 0 atom stereocenters. The van der Waals surface area contributed by atoms with Gasteiger partial charge in [-0.2, -0.15) is 0 Å². The van der Waals surface area contributed by atoms with Gasteiger partial charge < -0.3 is 15.7 Å². The number of aryl methyl sites for hydroxylation is 1. The molecule has 1 saturated carbocycles. The van der Waals surface area contributed by atoms with Crippen LogP contribution in [0.3, 0.4) is 0 Å². The van der Waals surface area contributed by atoms with Crippen LogP contribution in [0, 0.1) is 18.8 Å². The number of rotatable bonds is 4. The van der Waals surface area contributed by atoms with Gasteiger partial charge in [-0.15, -0.1) is 0 Å². The quantitative estimate of drug-likeness (QED) is 0.699. The van der Waals surface area contributed by atoms with E-state index in [0.717, 1.165) is 18.4 Å². The number of aliphatic hydroxyl groups is 1. The Hall–Kier alpha value is -2.32. The van der Waals surface area contributed by atoms with Gasteiger partial charge in [0.1, 0.15) is 6.61 Å². The van der Waals surface area contributed by atoms with Gasteiger partial charge in [-0.05, 0) is 37.5 Å². The van der Waals surface area contributed by atoms with Crippen LogP contribution in [0.4, 0.5) is 0 Å². The lowest BCUT2D eigenvalue weighted by Gasteiger charge is -2.08. The number of nitrogens with one attached hydrogen (secondary N) is 2. The molecule has 3 N–H and O–H groups in total.